The van der Waals surface area contributed by atoms with E-state index in [9.17, 15) is 81.9 Å². The number of ether oxygens (including phenoxy) is 2. The maximum atomic E-state index is 13.2. The average molecular weight is 1350 g/mol. The summed E-state index contributed by atoms with van der Waals surface area (Å²) in [5.74, 6) is -0.590. The maximum Gasteiger partial charge on any atom is 1.00 e. The number of unbranched alkanes of at least 4 members (excludes halogenated alkanes) is 20. The van der Waals surface area contributed by atoms with Gasteiger partial charge in [-0.05, 0) is 57.8 Å². The van der Waals surface area contributed by atoms with Gasteiger partial charge in [0.2, 0.25) is 5.91 Å². The number of nitrogens with one attached hydrogen (secondary N) is 3. The first-order valence-electron chi connectivity index (χ1n) is 28.4. The molecule has 85 heavy (non-hydrogen) atoms. The largest absolute Gasteiger partial charge is 1.00 e. The molecule has 3 fully saturated rings. The van der Waals surface area contributed by atoms with Crippen LogP contribution in [0.15, 0.2) is 12.2 Å². The Kier molecular flexibility index (Phi) is 51.2. The van der Waals surface area contributed by atoms with E-state index in [4.69, 9.17) is 18.5 Å². The molecular formula is C49H87N3Na4O24P4S. The van der Waals surface area contributed by atoms with E-state index in [1.807, 2.05) is 11.8 Å². The number of aliphatic hydroxyl groups is 2. The fourth-order valence-corrected chi connectivity index (χ4v) is 13.8. The molecule has 36 heteroatoms. The summed E-state index contributed by atoms with van der Waals surface area (Å²) < 4.78 is 80.9. The molecule has 3 amide bonds. The summed E-state index contributed by atoms with van der Waals surface area (Å²) in [5, 5.41) is 31.0. The number of thioether (sulfide) groups is 1. The van der Waals surface area contributed by atoms with Crippen LogP contribution in [0.4, 0.5) is 4.79 Å². The van der Waals surface area contributed by atoms with E-state index < -0.39 is 99.2 Å². The van der Waals surface area contributed by atoms with Gasteiger partial charge in [-0.3, -0.25) is 32.6 Å². The molecule has 1 saturated carbocycles. The summed E-state index contributed by atoms with van der Waals surface area (Å²) in [6.45, 7) is 0.956. The van der Waals surface area contributed by atoms with Gasteiger partial charge in [0.1, 0.15) is 43.2 Å². The molecule has 0 spiro atoms. The van der Waals surface area contributed by atoms with E-state index in [1.165, 1.54) is 38.5 Å². The second-order valence-electron chi connectivity index (χ2n) is 20.7. The minimum absolute atomic E-state index is 0. The molecule has 0 bridgehead atoms. The molecule has 0 aromatic rings. The Hall–Kier alpha value is 2.13. The van der Waals surface area contributed by atoms with Crippen molar-refractivity contribution in [3.8, 4) is 0 Å². The van der Waals surface area contributed by atoms with E-state index in [-0.39, 0.29) is 155 Å². The number of hydrogen-bond acceptors (Lipinski definition) is 22. The third-order valence-corrected chi connectivity index (χ3v) is 17.8. The predicted octanol–water partition coefficient (Wildman–Crippen LogP) is -7.62. The van der Waals surface area contributed by atoms with Gasteiger partial charge >= 0.3 is 136 Å². The number of amides is 3. The van der Waals surface area contributed by atoms with E-state index >= 15 is 0 Å². The Morgan fingerprint density at radius 1 is 0.600 bits per heavy atom. The van der Waals surface area contributed by atoms with Crippen LogP contribution in [0.25, 0.3) is 0 Å². The van der Waals surface area contributed by atoms with Gasteiger partial charge in [-0.25, -0.2) is 4.79 Å². The first kappa shape index (κ1) is 89.2. The zero-order valence-electron chi connectivity index (χ0n) is 50.2. The van der Waals surface area contributed by atoms with Crippen molar-refractivity contribution in [3.05, 3.63) is 12.2 Å². The Morgan fingerprint density at radius 3 is 1.58 bits per heavy atom. The molecule has 3 aliphatic rings. The minimum atomic E-state index is -6.11. The molecule has 3 rings (SSSR count). The topological polar surface area (TPSA) is 431 Å². The summed E-state index contributed by atoms with van der Waals surface area (Å²) >= 11 is 1.86. The van der Waals surface area contributed by atoms with Gasteiger partial charge in [0.15, 0.2) is 6.10 Å². The standard InChI is InChI=1S/C49H91N3O24P4S.4Na/c1-2-3-4-5-6-7-8-9-10-11-12-14-17-20-23-30-40(54)70-33-36(34-71-80(68,69)76-45-43(56)46(73-77(59,60)61)48(75-79(65,66)67)47(44(45)57)74-78(62,63)64)72-41(55)31-24-21-18-15-13-16-19-22-27-32-50-39(53)29-26-25-28-38-42-37(35-81-38)51-49(58)52-42;;;;/h9-10,36-38,42-48,56-57H,2-8,11-35H2,1H3,(H,50,53)(H,68,69)(H2,51,52,58)(H2,59,60,61)(H2,62,63,64)(H2,65,66,67);;;;/q;4*+1/p-4/b10-9-;;;;/t36-,37+,38+,42+,43+,44+,45?,46-,47+,48?;;;;/m1..../s1. The molecule has 0 aromatic heterocycles. The number of carbonyl (C=O) groups is 4. The zero-order valence-corrected chi connectivity index (χ0v) is 62.6. The van der Waals surface area contributed by atoms with Crippen molar-refractivity contribution in [2.24, 2.45) is 0 Å². The first-order valence-corrected chi connectivity index (χ1v) is 35.4. The summed E-state index contributed by atoms with van der Waals surface area (Å²) in [7, 11) is -24.3. The van der Waals surface area contributed by atoms with Crippen LogP contribution in [0.5, 0.6) is 0 Å². The Balaban J connectivity index is 0. The second kappa shape index (κ2) is 48.8. The van der Waals surface area contributed by atoms with Crippen LogP contribution < -0.4 is 154 Å². The second-order valence-corrected chi connectivity index (χ2v) is 26.8. The SMILES string of the molecule is CCCCCCCC/C=C\CCCCCCCC(=O)OC[C@H](COP(=O)([O-])OC1[C@H](O)[C@H](OP(=O)([O-])O)C(OP(=O)([O-])O)[C@H](OP(=O)([O-])O)[C@H]1O)OC(=O)CCCCCCCCCCCNC(=O)CCCC[C@@H]1SC[C@@H]2NC(=O)N[C@@H]21.[Na+].[Na+].[Na+].[Na+]. The van der Waals surface area contributed by atoms with E-state index in [1.54, 1.807) is 0 Å². The summed E-state index contributed by atoms with van der Waals surface area (Å²) in [5.41, 5.74) is 0. The van der Waals surface area contributed by atoms with Gasteiger partial charge in [0, 0.05) is 36.8 Å². The number of carbonyl (C=O) groups excluding carboxylic acids is 4. The number of hydrogen-bond donors (Lipinski definition) is 8. The van der Waals surface area contributed by atoms with Crippen LogP contribution in [0.3, 0.4) is 0 Å². The monoisotopic (exact) mass is 1350 g/mol. The van der Waals surface area contributed by atoms with Crippen molar-refractivity contribution in [1.29, 1.82) is 0 Å². The van der Waals surface area contributed by atoms with Crippen LogP contribution in [-0.2, 0) is 64.7 Å². The molecule has 8 N–H and O–H groups in total. The van der Waals surface area contributed by atoms with Crippen LogP contribution in [-0.4, -0.2) is 134 Å². The maximum absolute atomic E-state index is 13.2. The molecule has 2 heterocycles. The third kappa shape index (κ3) is 41.5. The van der Waals surface area contributed by atoms with Crippen LogP contribution in [0.2, 0.25) is 0 Å². The van der Waals surface area contributed by atoms with Crippen LogP contribution in [0.1, 0.15) is 187 Å². The molecule has 472 valence electrons. The van der Waals surface area contributed by atoms with Crippen molar-refractivity contribution >= 4 is 66.9 Å². The van der Waals surface area contributed by atoms with Crippen LogP contribution in [0, 0.1) is 0 Å². The average Bonchev–Trinajstić information content (AvgIpc) is 3.39. The molecule has 2 saturated heterocycles. The zero-order chi connectivity index (χ0) is 59.9. The summed E-state index contributed by atoms with van der Waals surface area (Å²) in [4.78, 5) is 126. The summed E-state index contributed by atoms with van der Waals surface area (Å²) in [6, 6.07) is 0.241. The molecular weight excluding hydrogens is 1260 g/mol. The van der Waals surface area contributed by atoms with E-state index in [2.05, 4.69) is 48.6 Å². The van der Waals surface area contributed by atoms with Crippen molar-refractivity contribution in [1.82, 2.24) is 16.0 Å². The number of allylic oxidation sites excluding steroid dienone is 2. The number of urea groups is 1. The van der Waals surface area contributed by atoms with Gasteiger partial charge < -0.3 is 92.5 Å². The van der Waals surface area contributed by atoms with Crippen molar-refractivity contribution in [2.75, 3.05) is 25.5 Å². The smallest absolute Gasteiger partial charge is 0.756 e. The third-order valence-electron chi connectivity index (χ3n) is 13.8. The Bertz CT molecular complexity index is 2070. The normalized spacial score (nSPS) is 24.9. The molecule has 14 atom stereocenters. The van der Waals surface area contributed by atoms with Crippen LogP contribution >= 0.6 is 43.1 Å². The number of fused-ring (bicyclic) bond motifs is 1. The molecule has 1 aliphatic carbocycles. The van der Waals surface area contributed by atoms with E-state index in [0.717, 1.165) is 108 Å². The molecule has 2 aliphatic heterocycles. The van der Waals surface area contributed by atoms with Gasteiger partial charge in [-0.1, -0.05) is 122 Å². The molecule has 27 nitrogen and oxygen atoms in total. The first-order chi connectivity index (χ1) is 38.3. The quantitative estimate of drug-likeness (QED) is 0.00701. The van der Waals surface area contributed by atoms with Gasteiger partial charge in [0.25, 0.3) is 31.3 Å². The number of phosphoric ester groups is 4. The minimum Gasteiger partial charge on any atom is -0.756 e. The van der Waals surface area contributed by atoms with Gasteiger partial charge in [-0.2, -0.15) is 11.8 Å². The molecule has 0 aromatic carbocycles. The van der Waals surface area contributed by atoms with Crippen molar-refractivity contribution in [2.45, 2.75) is 247 Å². The Labute approximate surface area is 593 Å². The number of esters is 2. The molecule has 0 radical (unpaired) electrons. The fourth-order valence-electron chi connectivity index (χ4n) is 9.64. The number of phosphoric acid groups is 4. The number of aliphatic hydroxyl groups excluding tert-OH is 2. The number of rotatable bonds is 46. The molecule has 6 unspecified atom stereocenters. The Morgan fingerprint density at radius 2 is 1.06 bits per heavy atom. The van der Waals surface area contributed by atoms with Crippen molar-refractivity contribution in [3.63, 3.8) is 0 Å². The summed E-state index contributed by atoms with van der Waals surface area (Å²) in [6.07, 6.45) is 9.27. The van der Waals surface area contributed by atoms with E-state index in [0.29, 0.717) is 37.5 Å². The van der Waals surface area contributed by atoms with Gasteiger partial charge in [0.05, 0.1) is 18.7 Å². The predicted molar refractivity (Wildman–Crippen MR) is 288 cm³/mol. The fraction of sp³-hybridized carbons (Fsp3) is 0.878. The van der Waals surface area contributed by atoms with Crippen molar-refractivity contribution < 1.29 is 232 Å². The van der Waals surface area contributed by atoms with Gasteiger partial charge in [-0.15, -0.1) is 0 Å².